The number of phenols is 1. The van der Waals surface area contributed by atoms with Crippen LogP contribution in [0.1, 0.15) is 31.9 Å². The van der Waals surface area contributed by atoms with Gasteiger partial charge in [-0.25, -0.2) is 0 Å². The van der Waals surface area contributed by atoms with Gasteiger partial charge in [-0.1, -0.05) is 26.3 Å². The Morgan fingerprint density at radius 2 is 2.05 bits per heavy atom. The van der Waals surface area contributed by atoms with E-state index in [4.69, 9.17) is 0 Å². The third-order valence-electron chi connectivity index (χ3n) is 4.04. The molecule has 0 radical (unpaired) electrons. The van der Waals surface area contributed by atoms with Crippen LogP contribution < -0.4 is 5.32 Å². The van der Waals surface area contributed by atoms with Gasteiger partial charge in [0.25, 0.3) is 0 Å². The Bertz CT molecular complexity index is 419. The van der Waals surface area contributed by atoms with E-state index in [1.807, 2.05) is 0 Å². The van der Waals surface area contributed by atoms with Crippen LogP contribution in [-0.4, -0.2) is 36.2 Å². The maximum absolute atomic E-state index is 9.66. The minimum Gasteiger partial charge on any atom is -0.507 e. The first-order chi connectivity index (χ1) is 9.13. The van der Waals surface area contributed by atoms with Crippen molar-refractivity contribution in [3.05, 3.63) is 28.2 Å². The molecule has 4 heteroatoms. The highest BCUT2D eigenvalue weighted by Gasteiger charge is 2.26. The summed E-state index contributed by atoms with van der Waals surface area (Å²) in [4.78, 5) is 2.56. The number of halogens is 1. The van der Waals surface area contributed by atoms with Crippen LogP contribution in [-0.2, 0) is 0 Å². The van der Waals surface area contributed by atoms with Gasteiger partial charge < -0.3 is 10.4 Å². The SMILES string of the molecule is CCC(C)[C@H](c1ccc(O)c(Br)c1)N1CCNCC1. The first-order valence-electron chi connectivity index (χ1n) is 7.06. The predicted molar refractivity (Wildman–Crippen MR) is 82.4 cm³/mol. The maximum Gasteiger partial charge on any atom is 0.129 e. The van der Waals surface area contributed by atoms with Gasteiger partial charge in [0.1, 0.15) is 5.75 Å². The highest BCUT2D eigenvalue weighted by molar-refractivity contribution is 9.10. The average Bonchev–Trinajstić information content (AvgIpc) is 2.44. The summed E-state index contributed by atoms with van der Waals surface area (Å²) < 4.78 is 0.786. The summed E-state index contributed by atoms with van der Waals surface area (Å²) in [5.41, 5.74) is 1.29. The summed E-state index contributed by atoms with van der Waals surface area (Å²) in [7, 11) is 0. The first kappa shape index (κ1) is 14.8. The fourth-order valence-electron chi connectivity index (χ4n) is 2.79. The zero-order valence-electron chi connectivity index (χ0n) is 11.7. The maximum atomic E-state index is 9.66. The summed E-state index contributed by atoms with van der Waals surface area (Å²) in [6.45, 7) is 8.86. The van der Waals surface area contributed by atoms with Crippen molar-refractivity contribution in [3.8, 4) is 5.75 Å². The van der Waals surface area contributed by atoms with Crippen LogP contribution in [0.3, 0.4) is 0 Å². The molecular formula is C15H23BrN2O. The molecule has 106 valence electrons. The van der Waals surface area contributed by atoms with Crippen molar-refractivity contribution in [1.29, 1.82) is 0 Å². The van der Waals surface area contributed by atoms with Crippen molar-refractivity contribution < 1.29 is 5.11 Å². The molecule has 1 saturated heterocycles. The van der Waals surface area contributed by atoms with Crippen molar-refractivity contribution in [2.45, 2.75) is 26.3 Å². The second kappa shape index (κ2) is 6.73. The van der Waals surface area contributed by atoms with E-state index in [0.29, 0.717) is 17.7 Å². The Labute approximate surface area is 124 Å². The minimum absolute atomic E-state index is 0.312. The molecule has 1 aromatic rings. The van der Waals surface area contributed by atoms with Gasteiger partial charge in [0.05, 0.1) is 4.47 Å². The number of nitrogens with zero attached hydrogens (tertiary/aromatic N) is 1. The van der Waals surface area contributed by atoms with Crippen LogP contribution in [0.4, 0.5) is 0 Å². The largest absolute Gasteiger partial charge is 0.507 e. The summed E-state index contributed by atoms with van der Waals surface area (Å²) in [6.07, 6.45) is 1.16. The normalized spacial score (nSPS) is 20.2. The fraction of sp³-hybridized carbons (Fsp3) is 0.600. The highest BCUT2D eigenvalue weighted by Crippen LogP contribution is 2.34. The lowest BCUT2D eigenvalue weighted by Gasteiger charge is -2.38. The van der Waals surface area contributed by atoms with Crippen molar-refractivity contribution in [2.75, 3.05) is 26.2 Å². The molecule has 1 heterocycles. The molecule has 19 heavy (non-hydrogen) atoms. The molecule has 0 amide bonds. The lowest BCUT2D eigenvalue weighted by molar-refractivity contribution is 0.128. The smallest absolute Gasteiger partial charge is 0.129 e. The van der Waals surface area contributed by atoms with Crippen LogP contribution in [0, 0.1) is 5.92 Å². The molecule has 1 unspecified atom stereocenters. The number of benzene rings is 1. The molecule has 3 nitrogen and oxygen atoms in total. The Hall–Kier alpha value is -0.580. The van der Waals surface area contributed by atoms with E-state index < -0.39 is 0 Å². The Morgan fingerprint density at radius 3 is 2.63 bits per heavy atom. The van der Waals surface area contributed by atoms with Gasteiger partial charge in [0.15, 0.2) is 0 Å². The highest BCUT2D eigenvalue weighted by atomic mass is 79.9. The topological polar surface area (TPSA) is 35.5 Å². The van der Waals surface area contributed by atoms with Crippen LogP contribution in [0.15, 0.2) is 22.7 Å². The van der Waals surface area contributed by atoms with Crippen LogP contribution in [0.25, 0.3) is 0 Å². The lowest BCUT2D eigenvalue weighted by Crippen LogP contribution is -2.46. The van der Waals surface area contributed by atoms with Crippen LogP contribution in [0.2, 0.25) is 0 Å². The van der Waals surface area contributed by atoms with E-state index in [2.05, 4.69) is 52.1 Å². The van der Waals surface area contributed by atoms with Crippen LogP contribution in [0.5, 0.6) is 5.75 Å². The molecule has 1 aliphatic rings. The number of hydrogen-bond donors (Lipinski definition) is 2. The van der Waals surface area contributed by atoms with E-state index in [-0.39, 0.29) is 0 Å². The van der Waals surface area contributed by atoms with Crippen molar-refractivity contribution in [1.82, 2.24) is 10.2 Å². The molecule has 2 N–H and O–H groups in total. The van der Waals surface area contributed by atoms with Gasteiger partial charge in [-0.3, -0.25) is 4.90 Å². The van der Waals surface area contributed by atoms with Crippen molar-refractivity contribution in [3.63, 3.8) is 0 Å². The van der Waals surface area contributed by atoms with Gasteiger partial charge in [0.2, 0.25) is 0 Å². The average molecular weight is 327 g/mol. The molecule has 0 aliphatic carbocycles. The third-order valence-corrected chi connectivity index (χ3v) is 4.68. The van der Waals surface area contributed by atoms with Crippen molar-refractivity contribution in [2.24, 2.45) is 5.92 Å². The first-order valence-corrected chi connectivity index (χ1v) is 7.86. The Kier molecular flexibility index (Phi) is 5.25. The predicted octanol–water partition coefficient (Wildman–Crippen LogP) is 3.15. The van der Waals surface area contributed by atoms with Gasteiger partial charge >= 0.3 is 0 Å². The molecule has 0 aromatic heterocycles. The van der Waals surface area contributed by atoms with E-state index in [1.54, 1.807) is 6.07 Å². The molecule has 2 atom stereocenters. The summed E-state index contributed by atoms with van der Waals surface area (Å²) in [5, 5.41) is 13.1. The molecule has 2 rings (SSSR count). The van der Waals surface area contributed by atoms with Gasteiger partial charge in [0, 0.05) is 32.2 Å². The lowest BCUT2D eigenvalue weighted by atomic mass is 9.90. The molecule has 1 aliphatic heterocycles. The second-order valence-electron chi connectivity index (χ2n) is 5.33. The Balaban J connectivity index is 2.27. The summed E-state index contributed by atoms with van der Waals surface area (Å²) in [6, 6.07) is 6.34. The number of aromatic hydroxyl groups is 1. The molecular weight excluding hydrogens is 304 g/mol. The number of rotatable bonds is 4. The zero-order chi connectivity index (χ0) is 13.8. The quantitative estimate of drug-likeness (QED) is 0.892. The van der Waals surface area contributed by atoms with Gasteiger partial charge in [-0.15, -0.1) is 0 Å². The van der Waals surface area contributed by atoms with Crippen LogP contribution >= 0.6 is 15.9 Å². The van der Waals surface area contributed by atoms with Gasteiger partial charge in [-0.2, -0.15) is 0 Å². The molecule has 0 spiro atoms. The minimum atomic E-state index is 0.312. The standard InChI is InChI=1S/C15H23BrN2O/c1-3-11(2)15(18-8-6-17-7-9-18)12-4-5-14(19)13(16)10-12/h4-5,10-11,15,17,19H,3,6-9H2,1-2H3/t11?,15-/m1/s1. The van der Waals surface area contributed by atoms with E-state index in [1.165, 1.54) is 5.56 Å². The monoisotopic (exact) mass is 326 g/mol. The number of hydrogen-bond acceptors (Lipinski definition) is 3. The number of nitrogens with one attached hydrogen (secondary N) is 1. The molecule has 1 aromatic carbocycles. The van der Waals surface area contributed by atoms with E-state index in [9.17, 15) is 5.11 Å². The van der Waals surface area contributed by atoms with Gasteiger partial charge in [-0.05, 0) is 39.5 Å². The Morgan fingerprint density at radius 1 is 1.37 bits per heavy atom. The van der Waals surface area contributed by atoms with E-state index >= 15 is 0 Å². The molecule has 1 fully saturated rings. The summed E-state index contributed by atoms with van der Waals surface area (Å²) >= 11 is 3.43. The van der Waals surface area contributed by atoms with Crippen molar-refractivity contribution >= 4 is 15.9 Å². The second-order valence-corrected chi connectivity index (χ2v) is 6.18. The zero-order valence-corrected chi connectivity index (χ0v) is 13.3. The fourth-order valence-corrected chi connectivity index (χ4v) is 3.19. The number of piperazine rings is 1. The molecule has 0 bridgehead atoms. The third kappa shape index (κ3) is 3.50. The molecule has 0 saturated carbocycles. The van der Waals surface area contributed by atoms with E-state index in [0.717, 1.165) is 37.1 Å². The summed E-state index contributed by atoms with van der Waals surface area (Å²) in [5.74, 6) is 0.918. The number of phenolic OH excluding ortho intramolecular Hbond substituents is 1.